The lowest BCUT2D eigenvalue weighted by molar-refractivity contribution is 0.0840. The van der Waals surface area contributed by atoms with Gasteiger partial charge in [-0.3, -0.25) is 0 Å². The van der Waals surface area contributed by atoms with Gasteiger partial charge in [-0.2, -0.15) is 0 Å². The largest absolute Gasteiger partial charge is 0.489 e. The molecule has 2 N–H and O–H groups in total. The zero-order chi connectivity index (χ0) is 26.3. The third kappa shape index (κ3) is 4.73. The van der Waals surface area contributed by atoms with Crippen LogP contribution in [0.25, 0.3) is 17.2 Å². The highest BCUT2D eigenvalue weighted by Gasteiger charge is 2.31. The normalized spacial score (nSPS) is 16.6. The summed E-state index contributed by atoms with van der Waals surface area (Å²) in [6.45, 7) is 1.36. The molecule has 0 radical (unpaired) electrons. The number of nitrogens with one attached hydrogen (secondary N) is 1. The predicted molar refractivity (Wildman–Crippen MR) is 136 cm³/mol. The van der Waals surface area contributed by atoms with Crippen molar-refractivity contribution in [1.29, 1.82) is 0 Å². The van der Waals surface area contributed by atoms with Gasteiger partial charge in [0, 0.05) is 36.7 Å². The summed E-state index contributed by atoms with van der Waals surface area (Å²) in [6, 6.07) is 7.98. The quantitative estimate of drug-likeness (QED) is 0.313. The van der Waals surface area contributed by atoms with Gasteiger partial charge in [0.2, 0.25) is 0 Å². The van der Waals surface area contributed by atoms with Crippen LogP contribution in [0, 0.1) is 5.82 Å². The van der Waals surface area contributed by atoms with Crippen LogP contribution in [0.2, 0.25) is 0 Å². The topological polar surface area (TPSA) is 103 Å². The van der Waals surface area contributed by atoms with Gasteiger partial charge in [0.05, 0.1) is 17.7 Å². The molecule has 1 unspecified atom stereocenters. The number of hydrogen-bond acceptors (Lipinski definition) is 7. The van der Waals surface area contributed by atoms with Crippen molar-refractivity contribution < 1.29 is 18.6 Å². The van der Waals surface area contributed by atoms with E-state index in [0.29, 0.717) is 28.9 Å². The number of nitrogens with zero attached hydrogens (tertiary/aromatic N) is 6. The zero-order valence-electron chi connectivity index (χ0n) is 21.1. The Morgan fingerprint density at radius 1 is 1.21 bits per heavy atom. The van der Waals surface area contributed by atoms with Crippen LogP contribution in [0.1, 0.15) is 55.6 Å². The maximum Gasteiger partial charge on any atom is 0.182 e. The molecule has 4 aromatic rings. The Morgan fingerprint density at radius 3 is 2.89 bits per heavy atom. The highest BCUT2D eigenvalue weighted by atomic mass is 19.1. The number of imidazole rings is 1. The van der Waals surface area contributed by atoms with Crippen LogP contribution < -0.4 is 10.1 Å². The fourth-order valence-electron chi connectivity index (χ4n) is 4.89. The summed E-state index contributed by atoms with van der Waals surface area (Å²) in [7, 11) is 0. The van der Waals surface area contributed by atoms with Gasteiger partial charge < -0.3 is 24.3 Å². The van der Waals surface area contributed by atoms with Crippen molar-refractivity contribution >= 4 is 5.82 Å². The van der Waals surface area contributed by atoms with E-state index in [-0.39, 0.29) is 17.9 Å². The third-order valence-electron chi connectivity index (χ3n) is 6.99. The van der Waals surface area contributed by atoms with Crippen molar-refractivity contribution in [3.05, 3.63) is 65.8 Å². The van der Waals surface area contributed by atoms with Crippen LogP contribution in [0.5, 0.6) is 5.75 Å². The van der Waals surface area contributed by atoms with E-state index in [2.05, 4.69) is 30.0 Å². The molecule has 1 saturated carbocycles. The highest BCUT2D eigenvalue weighted by molar-refractivity contribution is 5.56. The van der Waals surface area contributed by atoms with E-state index in [4.69, 9.17) is 4.74 Å². The first kappa shape index (κ1) is 24.5. The van der Waals surface area contributed by atoms with Crippen LogP contribution >= 0.6 is 0 Å². The summed E-state index contributed by atoms with van der Waals surface area (Å²) >= 11 is 0. The van der Waals surface area contributed by atoms with E-state index < -0.39 is 18.2 Å². The van der Waals surface area contributed by atoms with Gasteiger partial charge in [-0.25, -0.2) is 18.7 Å². The molecule has 198 valence electrons. The smallest absolute Gasteiger partial charge is 0.182 e. The van der Waals surface area contributed by atoms with Gasteiger partial charge >= 0.3 is 0 Å². The first-order valence-corrected chi connectivity index (χ1v) is 12.9. The molecule has 1 atom stereocenters. The zero-order valence-corrected chi connectivity index (χ0v) is 21.1. The van der Waals surface area contributed by atoms with Crippen molar-refractivity contribution in [3.8, 4) is 23.0 Å². The number of aromatic nitrogens is 6. The summed E-state index contributed by atoms with van der Waals surface area (Å²) in [5.41, 5.74) is 0.136. The first-order valence-electron chi connectivity index (χ1n) is 12.9. The Kier molecular flexibility index (Phi) is 6.30. The van der Waals surface area contributed by atoms with E-state index in [0.717, 1.165) is 50.2 Å². The van der Waals surface area contributed by atoms with Crippen molar-refractivity contribution in [2.45, 2.75) is 57.2 Å². The van der Waals surface area contributed by atoms with Crippen molar-refractivity contribution in [2.75, 3.05) is 18.6 Å². The van der Waals surface area contributed by atoms with E-state index in [1.54, 1.807) is 23.0 Å². The number of halogens is 2. The summed E-state index contributed by atoms with van der Waals surface area (Å²) < 4.78 is 37.5. The summed E-state index contributed by atoms with van der Waals surface area (Å²) in [4.78, 5) is 9.09. The minimum Gasteiger partial charge on any atom is -0.489 e. The molecule has 0 spiro atoms. The van der Waals surface area contributed by atoms with Crippen LogP contribution in [0.15, 0.2) is 42.9 Å². The second-order valence-corrected chi connectivity index (χ2v) is 9.97. The number of benzene rings is 1. The van der Waals surface area contributed by atoms with Crippen molar-refractivity contribution in [2.24, 2.45) is 0 Å². The summed E-state index contributed by atoms with van der Waals surface area (Å²) in [6.07, 6.45) is 8.67. The number of pyridine rings is 1. The molecule has 1 aliphatic heterocycles. The molecular formula is C27H29F2N7O2. The Labute approximate surface area is 218 Å². The molecule has 11 heteroatoms. The molecule has 1 fully saturated rings. The van der Waals surface area contributed by atoms with Crippen LogP contribution in [0.3, 0.4) is 0 Å². The number of alkyl halides is 1. The van der Waals surface area contributed by atoms with Gasteiger partial charge in [-0.15, -0.1) is 10.2 Å². The van der Waals surface area contributed by atoms with Crippen molar-refractivity contribution in [1.82, 2.24) is 29.3 Å². The second kappa shape index (κ2) is 9.79. The number of aryl methyl sites for hydroxylation is 1. The molecule has 0 saturated heterocycles. The van der Waals surface area contributed by atoms with E-state index in [9.17, 15) is 9.50 Å². The molecule has 38 heavy (non-hydrogen) atoms. The number of aliphatic hydroxyl groups is 1. The number of anilines is 1. The summed E-state index contributed by atoms with van der Waals surface area (Å²) in [5, 5.41) is 23.0. The van der Waals surface area contributed by atoms with Crippen LogP contribution in [-0.4, -0.2) is 47.7 Å². The van der Waals surface area contributed by atoms with Gasteiger partial charge in [0.1, 0.15) is 42.2 Å². The van der Waals surface area contributed by atoms with Gasteiger partial charge in [-0.1, -0.05) is 6.07 Å². The molecule has 0 amide bonds. The molecule has 9 nitrogen and oxygen atoms in total. The first-order chi connectivity index (χ1) is 18.4. The SMILES string of the molecule is CC(O)(Nc1cccc(-c2nnc3n2CCCC3)n1)c1cc(-n2cnc(C3CC3)c2)c(OCCF)cc1F. The lowest BCUT2D eigenvalue weighted by atomic mass is 10.0. The van der Waals surface area contributed by atoms with Crippen molar-refractivity contribution in [3.63, 3.8) is 0 Å². The maximum atomic E-state index is 15.4. The second-order valence-electron chi connectivity index (χ2n) is 9.97. The number of fused-ring (bicyclic) bond motifs is 1. The highest BCUT2D eigenvalue weighted by Crippen LogP contribution is 2.40. The maximum absolute atomic E-state index is 15.4. The van der Waals surface area contributed by atoms with Crippen LogP contribution in [0.4, 0.5) is 14.6 Å². The Hall–Kier alpha value is -3.86. The molecule has 6 rings (SSSR count). The molecular weight excluding hydrogens is 492 g/mol. The van der Waals surface area contributed by atoms with E-state index in [1.165, 1.54) is 19.1 Å². The fourth-order valence-corrected chi connectivity index (χ4v) is 4.89. The summed E-state index contributed by atoms with van der Waals surface area (Å²) in [5.74, 6) is 1.83. The fraction of sp³-hybridized carbons (Fsp3) is 0.407. The Balaban J connectivity index is 1.32. The molecule has 1 aromatic carbocycles. The minimum absolute atomic E-state index is 0.0196. The average molecular weight is 522 g/mol. The molecule has 0 bridgehead atoms. The lowest BCUT2D eigenvalue weighted by Crippen LogP contribution is -2.33. The van der Waals surface area contributed by atoms with E-state index >= 15 is 4.39 Å². The predicted octanol–water partition coefficient (Wildman–Crippen LogP) is 4.50. The van der Waals surface area contributed by atoms with E-state index in [1.807, 2.05) is 12.3 Å². The number of rotatable bonds is 9. The Morgan fingerprint density at radius 2 is 2.08 bits per heavy atom. The molecule has 3 aromatic heterocycles. The average Bonchev–Trinajstić information content (AvgIpc) is 3.48. The molecule has 2 aliphatic rings. The van der Waals surface area contributed by atoms with Crippen LogP contribution in [-0.2, 0) is 18.7 Å². The minimum atomic E-state index is -1.84. The van der Waals surface area contributed by atoms with Gasteiger partial charge in [-0.05, 0) is 50.8 Å². The van der Waals surface area contributed by atoms with Gasteiger partial charge in [0.15, 0.2) is 11.5 Å². The van der Waals surface area contributed by atoms with Gasteiger partial charge in [0.25, 0.3) is 0 Å². The monoisotopic (exact) mass is 521 g/mol. The number of hydrogen-bond donors (Lipinski definition) is 2. The Bertz CT molecular complexity index is 1460. The lowest BCUT2D eigenvalue weighted by Gasteiger charge is -2.27. The standard InChI is InChI=1S/C27H29F2N7O2/c1-27(37,32-24-6-4-5-20(31-24)26-34-33-25-7-2-3-11-36(25)26)18-13-22(23(14-19(18)29)38-12-10-28)35-15-21(30-16-35)17-8-9-17/h4-6,13-17,37H,2-3,7-12H2,1H3,(H,31,32). The number of ether oxygens (including phenoxy) is 1. The molecule has 1 aliphatic carbocycles. The third-order valence-corrected chi connectivity index (χ3v) is 6.99. The molecule has 4 heterocycles.